The van der Waals surface area contributed by atoms with Crippen molar-refractivity contribution in [2.75, 3.05) is 37.6 Å². The Morgan fingerprint density at radius 2 is 1.71 bits per heavy atom. The van der Waals surface area contributed by atoms with Crippen LogP contribution in [-0.2, 0) is 11.0 Å². The molecule has 2 aliphatic heterocycles. The summed E-state index contributed by atoms with van der Waals surface area (Å²) in [6.07, 6.45) is -0.0219. The van der Waals surface area contributed by atoms with Gasteiger partial charge in [-0.2, -0.15) is 18.4 Å². The summed E-state index contributed by atoms with van der Waals surface area (Å²) in [4.78, 5) is 35.6. The zero-order valence-electron chi connectivity index (χ0n) is 21.3. The van der Waals surface area contributed by atoms with Gasteiger partial charge in [0.25, 0.3) is 0 Å². The first-order valence-corrected chi connectivity index (χ1v) is 12.4. The number of anilines is 1. The maximum absolute atomic E-state index is 13.5. The molecule has 0 saturated carbocycles. The van der Waals surface area contributed by atoms with Crippen molar-refractivity contribution in [2.45, 2.75) is 44.9 Å². The third-order valence-electron chi connectivity index (χ3n) is 7.35. The summed E-state index contributed by atoms with van der Waals surface area (Å²) >= 11 is 0. The lowest BCUT2D eigenvalue weighted by Crippen LogP contribution is -2.60. The molecule has 2 atom stereocenters. The van der Waals surface area contributed by atoms with Crippen molar-refractivity contribution in [2.24, 2.45) is 5.92 Å². The Labute approximate surface area is 226 Å². The van der Waals surface area contributed by atoms with Crippen LogP contribution in [-0.4, -0.2) is 71.3 Å². The van der Waals surface area contributed by atoms with Gasteiger partial charge in [0.15, 0.2) is 5.78 Å². The van der Waals surface area contributed by atoms with Crippen molar-refractivity contribution in [3.63, 3.8) is 0 Å². The van der Waals surface area contributed by atoms with Crippen molar-refractivity contribution < 1.29 is 22.8 Å². The fourth-order valence-corrected chi connectivity index (χ4v) is 5.26. The molecule has 1 aromatic carbocycles. The molecule has 1 aromatic heterocycles. The second-order valence-electron chi connectivity index (χ2n) is 9.89. The highest BCUT2D eigenvalue weighted by Crippen LogP contribution is 2.35. The fraction of sp³-hybridized carbons (Fsp3) is 0.481. The number of nitrogens with zero attached hydrogens (tertiary/aromatic N) is 5. The number of piperidine rings is 1. The van der Waals surface area contributed by atoms with Gasteiger partial charge in [-0.3, -0.25) is 19.5 Å². The number of rotatable bonds is 5. The van der Waals surface area contributed by atoms with Gasteiger partial charge in [0.05, 0.1) is 23.7 Å². The van der Waals surface area contributed by atoms with Crippen LogP contribution in [0.15, 0.2) is 42.7 Å². The molecule has 0 aliphatic carbocycles. The summed E-state index contributed by atoms with van der Waals surface area (Å²) in [5.41, 5.74) is -0.303. The van der Waals surface area contributed by atoms with Gasteiger partial charge >= 0.3 is 6.18 Å². The van der Waals surface area contributed by atoms with E-state index in [0.717, 1.165) is 6.07 Å². The minimum atomic E-state index is -4.62. The Balaban J connectivity index is 0.00000400. The maximum Gasteiger partial charge on any atom is 0.417 e. The van der Waals surface area contributed by atoms with Crippen LogP contribution in [0.4, 0.5) is 18.9 Å². The highest BCUT2D eigenvalue weighted by Gasteiger charge is 2.37. The largest absolute Gasteiger partial charge is 0.417 e. The number of piperazine rings is 1. The summed E-state index contributed by atoms with van der Waals surface area (Å²) in [5, 5.41) is 9.07. The molecule has 0 bridgehead atoms. The number of halogens is 4. The van der Waals surface area contributed by atoms with Gasteiger partial charge in [-0.05, 0) is 70.1 Å². The van der Waals surface area contributed by atoms with E-state index in [9.17, 15) is 22.8 Å². The van der Waals surface area contributed by atoms with E-state index < -0.39 is 17.3 Å². The van der Waals surface area contributed by atoms with Gasteiger partial charge < -0.3 is 9.80 Å². The van der Waals surface area contributed by atoms with E-state index >= 15 is 0 Å². The Hall–Kier alpha value is -3.16. The third kappa shape index (κ3) is 6.45. The van der Waals surface area contributed by atoms with Crippen molar-refractivity contribution in [3.8, 4) is 6.07 Å². The number of carbonyl (C=O) groups is 2. The number of Topliss-reactive ketones (excluding diaryl/α,β-unsaturated/α-hetero) is 1. The predicted molar refractivity (Wildman–Crippen MR) is 139 cm³/mol. The SMILES string of the molecule is C[C@@H]1CN(c2ccc(C#N)c(C(F)(F)F)c2)[C@@H](C)CN1C(=O)CN1CCC(C(=O)c2ccncc2)CC1.Cl. The van der Waals surface area contributed by atoms with E-state index in [0.29, 0.717) is 50.3 Å². The number of alkyl halides is 3. The maximum atomic E-state index is 13.5. The van der Waals surface area contributed by atoms with E-state index in [2.05, 4.69) is 9.88 Å². The molecule has 3 heterocycles. The molecule has 204 valence electrons. The zero-order valence-corrected chi connectivity index (χ0v) is 22.1. The monoisotopic (exact) mass is 549 g/mol. The number of hydrogen-bond acceptors (Lipinski definition) is 6. The number of ketones is 1. The second-order valence-corrected chi connectivity index (χ2v) is 9.89. The first-order chi connectivity index (χ1) is 17.6. The van der Waals surface area contributed by atoms with Crippen LogP contribution in [0.2, 0.25) is 0 Å². The number of hydrogen-bond donors (Lipinski definition) is 0. The molecule has 1 amide bonds. The summed E-state index contributed by atoms with van der Waals surface area (Å²) in [5.74, 6) is 0.0300. The average molecular weight is 550 g/mol. The minimum Gasteiger partial charge on any atom is -0.365 e. The molecular formula is C27H31ClF3N5O2. The van der Waals surface area contributed by atoms with E-state index in [-0.39, 0.29) is 48.6 Å². The summed E-state index contributed by atoms with van der Waals surface area (Å²) in [6, 6.07) is 8.43. The number of benzene rings is 1. The quantitative estimate of drug-likeness (QED) is 0.514. The molecule has 2 saturated heterocycles. The molecule has 4 rings (SSSR count). The predicted octanol–water partition coefficient (Wildman–Crippen LogP) is 4.41. The van der Waals surface area contributed by atoms with Crippen molar-refractivity contribution in [3.05, 3.63) is 59.4 Å². The standard InChI is InChI=1S/C27H30F3N5O2.ClH/c1-18-16-35(19(2)15-34(18)23-4-3-22(14-31)24(13-23)27(28,29)30)25(36)17-33-11-7-21(8-12-33)26(37)20-5-9-32-10-6-20;/h3-6,9-10,13,18-19,21H,7-8,11-12,15-17H2,1-2H3;1H/t18-,19+;/m0./s1. The molecule has 0 radical (unpaired) electrons. The van der Waals surface area contributed by atoms with Crippen LogP contribution in [0.25, 0.3) is 0 Å². The van der Waals surface area contributed by atoms with E-state index in [1.165, 1.54) is 12.1 Å². The minimum absolute atomic E-state index is 0. The molecule has 0 spiro atoms. The van der Waals surface area contributed by atoms with Crippen LogP contribution in [0.3, 0.4) is 0 Å². The number of nitriles is 1. The molecule has 38 heavy (non-hydrogen) atoms. The normalized spacial score (nSPS) is 20.9. The Kier molecular flexibility index (Phi) is 9.39. The highest BCUT2D eigenvalue weighted by atomic mass is 35.5. The Morgan fingerprint density at radius 1 is 1.05 bits per heavy atom. The molecular weight excluding hydrogens is 519 g/mol. The molecule has 7 nitrogen and oxygen atoms in total. The van der Waals surface area contributed by atoms with Crippen LogP contribution < -0.4 is 4.90 Å². The van der Waals surface area contributed by atoms with Gasteiger partial charge in [-0.1, -0.05) is 0 Å². The van der Waals surface area contributed by atoms with Gasteiger partial charge in [0.2, 0.25) is 5.91 Å². The van der Waals surface area contributed by atoms with Crippen LogP contribution in [0, 0.1) is 17.2 Å². The molecule has 0 N–H and O–H groups in total. The lowest BCUT2D eigenvalue weighted by atomic mass is 9.89. The third-order valence-corrected chi connectivity index (χ3v) is 7.35. The zero-order chi connectivity index (χ0) is 26.7. The highest BCUT2D eigenvalue weighted by molar-refractivity contribution is 5.97. The van der Waals surface area contributed by atoms with Gasteiger partial charge in [-0.25, -0.2) is 0 Å². The van der Waals surface area contributed by atoms with E-state index in [1.807, 2.05) is 18.7 Å². The molecule has 11 heteroatoms. The first-order valence-electron chi connectivity index (χ1n) is 12.4. The molecule has 2 aliphatic rings. The van der Waals surface area contributed by atoms with E-state index in [1.54, 1.807) is 35.5 Å². The number of likely N-dealkylation sites (tertiary alicyclic amines) is 1. The Morgan fingerprint density at radius 3 is 2.32 bits per heavy atom. The fourth-order valence-electron chi connectivity index (χ4n) is 5.26. The van der Waals surface area contributed by atoms with E-state index in [4.69, 9.17) is 5.26 Å². The molecule has 2 fully saturated rings. The lowest BCUT2D eigenvalue weighted by Gasteiger charge is -2.46. The summed E-state index contributed by atoms with van der Waals surface area (Å²) < 4.78 is 40.4. The van der Waals surface area contributed by atoms with Crippen LogP contribution >= 0.6 is 12.4 Å². The number of aromatic nitrogens is 1. The molecule has 0 unspecified atom stereocenters. The topological polar surface area (TPSA) is 80.5 Å². The lowest BCUT2D eigenvalue weighted by molar-refractivity contribution is -0.137. The van der Waals surface area contributed by atoms with Gasteiger partial charge in [0, 0.05) is 54.7 Å². The van der Waals surface area contributed by atoms with Crippen molar-refractivity contribution in [1.29, 1.82) is 5.26 Å². The second kappa shape index (κ2) is 12.1. The van der Waals surface area contributed by atoms with Gasteiger partial charge in [0.1, 0.15) is 0 Å². The number of pyridine rings is 1. The number of carbonyl (C=O) groups excluding carboxylic acids is 2. The smallest absolute Gasteiger partial charge is 0.365 e. The average Bonchev–Trinajstić information content (AvgIpc) is 2.89. The summed E-state index contributed by atoms with van der Waals surface area (Å²) in [6.45, 7) is 6.11. The number of amides is 1. The van der Waals surface area contributed by atoms with Crippen molar-refractivity contribution in [1.82, 2.24) is 14.8 Å². The molecule has 2 aromatic rings. The van der Waals surface area contributed by atoms with Crippen LogP contribution in [0.1, 0.15) is 48.2 Å². The summed E-state index contributed by atoms with van der Waals surface area (Å²) in [7, 11) is 0. The van der Waals surface area contributed by atoms with Crippen molar-refractivity contribution >= 4 is 29.8 Å². The van der Waals surface area contributed by atoms with Gasteiger partial charge in [-0.15, -0.1) is 12.4 Å². The van der Waals surface area contributed by atoms with Crippen LogP contribution in [0.5, 0.6) is 0 Å². The Bertz CT molecular complexity index is 1180. The first kappa shape index (κ1) is 29.4.